The van der Waals surface area contributed by atoms with Gasteiger partial charge in [0.15, 0.2) is 0 Å². The molecule has 2 aromatic rings. The summed E-state index contributed by atoms with van der Waals surface area (Å²) < 4.78 is 5.35. The van der Waals surface area contributed by atoms with Crippen LogP contribution < -0.4 is 10.0 Å². The molecule has 0 aliphatic heterocycles. The first-order valence-electron chi connectivity index (χ1n) is 5.81. The van der Waals surface area contributed by atoms with Crippen molar-refractivity contribution in [2.24, 2.45) is 0 Å². The van der Waals surface area contributed by atoms with Crippen molar-refractivity contribution in [3.63, 3.8) is 0 Å². The van der Waals surface area contributed by atoms with Crippen molar-refractivity contribution < 1.29 is 4.74 Å². The number of para-hydroxylation sites is 1. The zero-order valence-electron chi connectivity index (χ0n) is 10.0. The number of rotatable bonds is 5. The number of ether oxygens (including phenoxy) is 1. The maximum Gasteiger partial charge on any atom is 0.122 e. The molecule has 94 valence electrons. The average Bonchev–Trinajstić information content (AvgIpc) is 2.40. The quantitative estimate of drug-likeness (QED) is 0.589. The van der Waals surface area contributed by atoms with Crippen LogP contribution in [0.1, 0.15) is 5.56 Å². The number of benzene rings is 2. The van der Waals surface area contributed by atoms with Crippen molar-refractivity contribution in [2.45, 2.75) is 6.42 Å². The summed E-state index contributed by atoms with van der Waals surface area (Å²) in [5.41, 5.74) is 1.30. The van der Waals surface area contributed by atoms with E-state index in [-0.39, 0.29) is 8.41 Å². The molecule has 0 fully saturated rings. The van der Waals surface area contributed by atoms with Crippen LogP contribution in [0.15, 0.2) is 54.6 Å². The van der Waals surface area contributed by atoms with E-state index in [1.807, 2.05) is 12.1 Å². The molecule has 1 atom stereocenters. The second-order valence-electron chi connectivity index (χ2n) is 3.85. The van der Waals surface area contributed by atoms with Crippen molar-refractivity contribution in [3.8, 4) is 5.75 Å². The van der Waals surface area contributed by atoms with Crippen molar-refractivity contribution in [3.05, 3.63) is 60.2 Å². The Morgan fingerprint density at radius 1 is 0.944 bits per heavy atom. The van der Waals surface area contributed by atoms with Crippen LogP contribution in [0.25, 0.3) is 0 Å². The van der Waals surface area contributed by atoms with Gasteiger partial charge in [0.2, 0.25) is 0 Å². The minimum Gasteiger partial charge on any atom is -0.496 e. The summed E-state index contributed by atoms with van der Waals surface area (Å²) >= 11 is 0. The van der Waals surface area contributed by atoms with Gasteiger partial charge in [-0.2, -0.15) is 0 Å². The molecule has 0 saturated heterocycles. The largest absolute Gasteiger partial charge is 0.496 e. The molecule has 0 heterocycles. The summed E-state index contributed by atoms with van der Waals surface area (Å²) in [5.74, 6) is 1.00. The van der Waals surface area contributed by atoms with E-state index in [1.54, 1.807) is 7.11 Å². The Bertz CT molecular complexity index is 459. The standard InChI is InChI=1S/C15H17OP.BH3/c1-16-15-10-6-5-7-13(15)11-12-17-14-8-3-2-4-9-14;/h2-10,17H,11-12H2,1H3;1H3. The fourth-order valence-corrected chi connectivity index (χ4v) is 2.92. The highest BCUT2D eigenvalue weighted by Crippen LogP contribution is 2.20. The van der Waals surface area contributed by atoms with Crippen LogP contribution in [0.2, 0.25) is 0 Å². The van der Waals surface area contributed by atoms with E-state index in [9.17, 15) is 0 Å². The first-order chi connectivity index (χ1) is 8.40. The van der Waals surface area contributed by atoms with Gasteiger partial charge in [0, 0.05) is 0 Å². The highest BCUT2D eigenvalue weighted by molar-refractivity contribution is 7.47. The lowest BCUT2D eigenvalue weighted by Gasteiger charge is -2.07. The summed E-state index contributed by atoms with van der Waals surface area (Å²) in [6.45, 7) is 0. The molecule has 0 aliphatic carbocycles. The van der Waals surface area contributed by atoms with Gasteiger partial charge in [-0.05, 0) is 29.5 Å². The molecule has 18 heavy (non-hydrogen) atoms. The molecule has 0 radical (unpaired) electrons. The monoisotopic (exact) mass is 258 g/mol. The van der Waals surface area contributed by atoms with E-state index in [2.05, 4.69) is 42.5 Å². The summed E-state index contributed by atoms with van der Waals surface area (Å²) in [6, 6.07) is 18.9. The molecule has 1 unspecified atom stereocenters. The van der Waals surface area contributed by atoms with Crippen LogP contribution in [0.4, 0.5) is 0 Å². The molecule has 0 aliphatic rings. The topological polar surface area (TPSA) is 9.23 Å². The fraction of sp³-hybridized carbons (Fsp3) is 0.200. The number of methoxy groups -OCH3 is 1. The molecule has 2 rings (SSSR count). The zero-order valence-corrected chi connectivity index (χ0v) is 11.0. The van der Waals surface area contributed by atoms with Gasteiger partial charge in [-0.25, -0.2) is 0 Å². The van der Waals surface area contributed by atoms with E-state index < -0.39 is 0 Å². The molecular weight excluding hydrogens is 238 g/mol. The molecule has 0 saturated carbocycles. The lowest BCUT2D eigenvalue weighted by atomic mass is 10.1. The molecule has 0 bridgehead atoms. The average molecular weight is 258 g/mol. The zero-order chi connectivity index (χ0) is 11.9. The van der Waals surface area contributed by atoms with Crippen molar-refractivity contribution in [2.75, 3.05) is 13.3 Å². The molecule has 1 nitrogen and oxygen atoms in total. The van der Waals surface area contributed by atoms with Gasteiger partial charge in [-0.15, -0.1) is 0 Å². The van der Waals surface area contributed by atoms with Crippen LogP contribution >= 0.6 is 8.58 Å². The maximum absolute atomic E-state index is 5.35. The summed E-state index contributed by atoms with van der Waals surface area (Å²) in [5, 5.41) is 1.43. The van der Waals surface area contributed by atoms with Gasteiger partial charge in [0.1, 0.15) is 5.75 Å². The smallest absolute Gasteiger partial charge is 0.122 e. The fourth-order valence-electron chi connectivity index (χ4n) is 1.81. The summed E-state index contributed by atoms with van der Waals surface area (Å²) in [7, 11) is 2.61. The predicted molar refractivity (Wildman–Crippen MR) is 85.9 cm³/mol. The Labute approximate surface area is 113 Å². The minimum absolute atomic E-state index is 0. The van der Waals surface area contributed by atoms with Gasteiger partial charge >= 0.3 is 0 Å². The summed E-state index contributed by atoms with van der Waals surface area (Å²) in [6.07, 6.45) is 2.27. The third kappa shape index (κ3) is 4.20. The van der Waals surface area contributed by atoms with E-state index in [1.165, 1.54) is 17.0 Å². The van der Waals surface area contributed by atoms with Crippen LogP contribution in [0.5, 0.6) is 5.75 Å². The number of aryl methyl sites for hydroxylation is 1. The molecule has 2 aromatic carbocycles. The van der Waals surface area contributed by atoms with Gasteiger partial charge < -0.3 is 4.74 Å². The first-order valence-corrected chi connectivity index (χ1v) is 7.01. The van der Waals surface area contributed by atoms with Gasteiger partial charge in [-0.3, -0.25) is 0 Å². The number of hydrogen-bond donors (Lipinski definition) is 0. The van der Waals surface area contributed by atoms with Gasteiger partial charge in [-0.1, -0.05) is 57.1 Å². The Kier molecular flexibility index (Phi) is 6.53. The van der Waals surface area contributed by atoms with Crippen LogP contribution in [0, 0.1) is 0 Å². The van der Waals surface area contributed by atoms with Gasteiger partial charge in [0.05, 0.1) is 15.5 Å². The Balaban J connectivity index is 0.00000162. The second-order valence-corrected chi connectivity index (χ2v) is 5.29. The molecule has 0 N–H and O–H groups in total. The highest BCUT2D eigenvalue weighted by atomic mass is 31.1. The SMILES string of the molecule is B.COc1ccccc1CCPc1ccccc1. The Morgan fingerprint density at radius 2 is 1.61 bits per heavy atom. The highest BCUT2D eigenvalue weighted by Gasteiger charge is 2.01. The maximum atomic E-state index is 5.35. The van der Waals surface area contributed by atoms with Crippen molar-refractivity contribution in [1.82, 2.24) is 0 Å². The first kappa shape index (κ1) is 14.8. The van der Waals surface area contributed by atoms with Crippen molar-refractivity contribution in [1.29, 1.82) is 0 Å². The third-order valence-corrected chi connectivity index (χ3v) is 3.93. The molecule has 0 aromatic heterocycles. The second kappa shape index (κ2) is 7.95. The van der Waals surface area contributed by atoms with E-state index in [0.29, 0.717) is 0 Å². The van der Waals surface area contributed by atoms with Gasteiger partial charge in [0.25, 0.3) is 0 Å². The Morgan fingerprint density at radius 3 is 2.33 bits per heavy atom. The van der Waals surface area contributed by atoms with Crippen molar-refractivity contribution >= 4 is 22.3 Å². The molecular formula is C15H20BOP. The lowest BCUT2D eigenvalue weighted by Crippen LogP contribution is -1.97. The third-order valence-electron chi connectivity index (χ3n) is 2.69. The lowest BCUT2D eigenvalue weighted by molar-refractivity contribution is 0.410. The van der Waals surface area contributed by atoms with E-state index in [0.717, 1.165) is 20.8 Å². The number of hydrogen-bond acceptors (Lipinski definition) is 1. The van der Waals surface area contributed by atoms with Crippen LogP contribution in [-0.2, 0) is 6.42 Å². The van der Waals surface area contributed by atoms with Crippen LogP contribution in [0.3, 0.4) is 0 Å². The molecule has 0 amide bonds. The summed E-state index contributed by atoms with van der Waals surface area (Å²) in [4.78, 5) is 0. The van der Waals surface area contributed by atoms with Crippen LogP contribution in [-0.4, -0.2) is 21.7 Å². The molecule has 0 spiro atoms. The van der Waals surface area contributed by atoms with E-state index >= 15 is 0 Å². The molecule has 3 heteroatoms. The normalized spacial score (nSPS) is 10.3. The Hall–Kier alpha value is -1.27. The minimum atomic E-state index is 0. The predicted octanol–water partition coefficient (Wildman–Crippen LogP) is 2.06. The van der Waals surface area contributed by atoms with E-state index in [4.69, 9.17) is 4.74 Å².